The van der Waals surface area contributed by atoms with Gasteiger partial charge in [-0.15, -0.1) is 21.9 Å². The van der Waals surface area contributed by atoms with Crippen LogP contribution in [0.15, 0.2) is 24.3 Å². The molecule has 0 saturated heterocycles. The first-order chi connectivity index (χ1) is 36.0. The van der Waals surface area contributed by atoms with E-state index in [9.17, 15) is 52.7 Å². The van der Waals surface area contributed by atoms with Gasteiger partial charge in [0, 0.05) is 0 Å². The Balaban J connectivity index is 0.000000353. The second-order valence-corrected chi connectivity index (χ2v) is 18.7. The van der Waals surface area contributed by atoms with E-state index in [1.807, 2.05) is 0 Å². The van der Waals surface area contributed by atoms with Crippen molar-refractivity contribution in [2.24, 2.45) is 0 Å². The van der Waals surface area contributed by atoms with Gasteiger partial charge in [-0.1, -0.05) is 116 Å². The zero-order valence-electron chi connectivity index (χ0n) is 41.8. The number of hydrogen-bond donors (Lipinski definition) is 1. The van der Waals surface area contributed by atoms with Gasteiger partial charge in [0.25, 0.3) is 0 Å². The lowest BCUT2D eigenvalue weighted by atomic mass is 9.12. The van der Waals surface area contributed by atoms with Crippen molar-refractivity contribution < 1.29 is 92.7 Å². The molecule has 76 heavy (non-hydrogen) atoms. The van der Waals surface area contributed by atoms with Crippen LogP contribution in [0.2, 0.25) is 0 Å². The summed E-state index contributed by atoms with van der Waals surface area (Å²) in [4.78, 5) is 1.74. The lowest BCUT2D eigenvalue weighted by Crippen LogP contribution is -3.07. The Morgan fingerprint density at radius 1 is 0.263 bits per heavy atom. The fraction of sp³-hybridized carbons (Fsp3) is 0.444. The molecule has 0 saturated carbocycles. The van der Waals surface area contributed by atoms with Crippen LogP contribution >= 0.6 is 0 Å². The van der Waals surface area contributed by atoms with Gasteiger partial charge in [0.2, 0.25) is 0 Å². The predicted octanol–water partition coefficient (Wildman–Crippen LogP) is 14.7. The van der Waals surface area contributed by atoms with Crippen molar-refractivity contribution in [1.82, 2.24) is 0 Å². The van der Waals surface area contributed by atoms with Crippen LogP contribution in [0.4, 0.5) is 93.5 Å². The summed E-state index contributed by atoms with van der Waals surface area (Å²) in [6.45, 7) is 9.54. The standard InChI is InChI=1S/C30H55N.C24BF20/c1-4-7-10-12-14-16-18-20-27-31(28-21-19-17-15-13-11-8-5-2)30-25-23-29(24-26-30)22-9-6-3;26-5-1(6(27)14(35)21(42)13(5)34)25(2-7(28)15(36)22(43)16(37)8(2)29,3-9(30)17(38)23(44)18(39)10(3)31)4-11(32)19(40)24(45)20(41)12(4)33/h23-26H,4-22,27-28H2,1-3H3;/q;-1/p+1. The minimum absolute atomic E-state index is 1.24. The molecule has 0 spiro atoms. The molecule has 1 N–H and O–H groups in total. The van der Waals surface area contributed by atoms with Gasteiger partial charge in [-0.05, 0) is 56.2 Å². The molecular weight excluding hydrogens is 1050 g/mol. The monoisotopic (exact) mass is 1110 g/mol. The third-order valence-corrected chi connectivity index (χ3v) is 13.6. The topological polar surface area (TPSA) is 4.44 Å². The van der Waals surface area contributed by atoms with E-state index in [0.717, 1.165) is 0 Å². The summed E-state index contributed by atoms with van der Waals surface area (Å²) in [5.41, 5.74) is -11.3. The van der Waals surface area contributed by atoms with Gasteiger partial charge < -0.3 is 4.90 Å². The summed E-state index contributed by atoms with van der Waals surface area (Å²) in [6.07, 6.45) is 19.3. The molecule has 0 fully saturated rings. The number of quaternary nitrogens is 1. The fourth-order valence-electron chi connectivity index (χ4n) is 9.52. The normalized spacial score (nSPS) is 11.8. The number of unbranched alkanes of at least 4 members (excludes halogenated alkanes) is 15. The van der Waals surface area contributed by atoms with Gasteiger partial charge >= 0.3 is 0 Å². The summed E-state index contributed by atoms with van der Waals surface area (Å²) in [5.74, 6) is -71.4. The van der Waals surface area contributed by atoms with Crippen LogP contribution in [-0.2, 0) is 6.42 Å². The van der Waals surface area contributed by atoms with Gasteiger partial charge in [0.1, 0.15) is 58.4 Å². The number of rotatable bonds is 26. The minimum atomic E-state index is -7.22. The molecule has 22 heteroatoms. The smallest absolute Gasteiger partial charge is 0.200 e. The number of aryl methyl sites for hydroxylation is 1. The SMILES string of the molecule is CCCCCCCCCC[NH+](CCCCCCCCCC)c1ccc(CCCC)cc1.Fc1c(F)c(F)c([B-](c2c(F)c(F)c(F)c(F)c2F)(c2c(F)c(F)c(F)c(F)c2F)c2c(F)c(F)c(F)c(F)c2F)c(F)c1F. The number of halogens is 20. The third kappa shape index (κ3) is 13.5. The summed E-state index contributed by atoms with van der Waals surface area (Å²) >= 11 is 0. The Morgan fingerprint density at radius 2 is 0.474 bits per heavy atom. The molecule has 0 aromatic heterocycles. The number of hydrogen-bond acceptors (Lipinski definition) is 0. The molecule has 0 aliphatic carbocycles. The summed E-state index contributed by atoms with van der Waals surface area (Å²) in [5, 5.41) is 0. The summed E-state index contributed by atoms with van der Waals surface area (Å²) in [6, 6.07) is 9.64. The van der Waals surface area contributed by atoms with E-state index in [0.29, 0.717) is 0 Å². The second kappa shape index (κ2) is 28.9. The van der Waals surface area contributed by atoms with Crippen LogP contribution in [0.3, 0.4) is 0 Å². The van der Waals surface area contributed by atoms with E-state index in [-0.39, 0.29) is 0 Å². The van der Waals surface area contributed by atoms with Crippen LogP contribution < -0.4 is 26.8 Å². The fourth-order valence-corrected chi connectivity index (χ4v) is 9.52. The molecule has 420 valence electrons. The first-order valence-corrected chi connectivity index (χ1v) is 25.2. The Bertz CT molecular complexity index is 2350. The van der Waals surface area contributed by atoms with Crippen LogP contribution in [0.25, 0.3) is 0 Å². The molecule has 0 aliphatic heterocycles. The highest BCUT2D eigenvalue weighted by atomic mass is 19.2. The Kier molecular flexibility index (Phi) is 24.1. The lowest BCUT2D eigenvalue weighted by molar-refractivity contribution is -0.833. The van der Waals surface area contributed by atoms with Crippen molar-refractivity contribution in [3.05, 3.63) is 146 Å². The first-order valence-electron chi connectivity index (χ1n) is 25.2. The van der Waals surface area contributed by atoms with Gasteiger partial charge in [0.05, 0.1) is 13.1 Å². The largest absolute Gasteiger partial charge is 0.302 e. The molecule has 5 rings (SSSR count). The maximum atomic E-state index is 15.4. The van der Waals surface area contributed by atoms with Crippen molar-refractivity contribution >= 4 is 33.7 Å². The molecular formula is C54H56BF20N. The second-order valence-electron chi connectivity index (χ2n) is 18.7. The minimum Gasteiger partial charge on any atom is -0.302 e. The average molecular weight is 1110 g/mol. The Morgan fingerprint density at radius 3 is 0.711 bits per heavy atom. The summed E-state index contributed by atoms with van der Waals surface area (Å²) in [7, 11) is 0. The first kappa shape index (κ1) is 63.3. The average Bonchev–Trinajstić information content (AvgIpc) is 3.41. The lowest BCUT2D eigenvalue weighted by Gasteiger charge is -2.44. The molecule has 1 nitrogen and oxygen atoms in total. The summed E-state index contributed by atoms with van der Waals surface area (Å²) < 4.78 is 294. The maximum absolute atomic E-state index is 15.4. The van der Waals surface area contributed by atoms with Crippen molar-refractivity contribution in [3.8, 4) is 0 Å². The quantitative estimate of drug-likeness (QED) is 0.0185. The highest BCUT2D eigenvalue weighted by Gasteiger charge is 2.52. The zero-order chi connectivity index (χ0) is 56.8. The van der Waals surface area contributed by atoms with Gasteiger partial charge in [-0.25, -0.2) is 87.8 Å². The molecule has 0 radical (unpaired) electrons. The molecule has 0 unspecified atom stereocenters. The van der Waals surface area contributed by atoms with Crippen molar-refractivity contribution in [1.29, 1.82) is 0 Å². The third-order valence-electron chi connectivity index (χ3n) is 13.6. The molecule has 0 atom stereocenters. The van der Waals surface area contributed by atoms with Crippen LogP contribution in [0.1, 0.15) is 142 Å². The maximum Gasteiger partial charge on any atom is 0.200 e. The zero-order valence-corrected chi connectivity index (χ0v) is 41.8. The van der Waals surface area contributed by atoms with E-state index in [1.165, 1.54) is 146 Å². The molecule has 0 aliphatic rings. The van der Waals surface area contributed by atoms with Gasteiger partial charge in [0.15, 0.2) is 69.8 Å². The van der Waals surface area contributed by atoms with Gasteiger partial charge in [-0.3, -0.25) is 0 Å². The molecule has 0 heterocycles. The van der Waals surface area contributed by atoms with Crippen molar-refractivity contribution in [2.75, 3.05) is 13.1 Å². The Hall–Kier alpha value is -5.28. The van der Waals surface area contributed by atoms with E-state index in [4.69, 9.17) is 0 Å². The highest BCUT2D eigenvalue weighted by molar-refractivity contribution is 7.20. The molecule has 0 bridgehead atoms. The van der Waals surface area contributed by atoms with Crippen molar-refractivity contribution in [2.45, 2.75) is 143 Å². The van der Waals surface area contributed by atoms with Gasteiger partial charge in [-0.2, -0.15) is 0 Å². The molecule has 5 aromatic rings. The van der Waals surface area contributed by atoms with E-state index >= 15 is 35.1 Å². The van der Waals surface area contributed by atoms with E-state index in [1.54, 1.807) is 4.90 Å². The highest BCUT2D eigenvalue weighted by Crippen LogP contribution is 2.31. The number of nitrogens with one attached hydrogen (secondary N) is 1. The van der Waals surface area contributed by atoms with Crippen LogP contribution in [-0.4, -0.2) is 19.2 Å². The molecule has 0 amide bonds. The van der Waals surface area contributed by atoms with Crippen LogP contribution in [0, 0.1) is 116 Å². The van der Waals surface area contributed by atoms with Crippen LogP contribution in [0.5, 0.6) is 0 Å². The molecule has 5 aromatic carbocycles. The van der Waals surface area contributed by atoms with E-state index in [2.05, 4.69) is 45.0 Å². The van der Waals surface area contributed by atoms with E-state index < -0.39 is 144 Å². The van der Waals surface area contributed by atoms with Crippen molar-refractivity contribution in [3.63, 3.8) is 0 Å². The number of benzene rings is 5. The Labute approximate surface area is 427 Å². The predicted molar refractivity (Wildman–Crippen MR) is 250 cm³/mol.